The van der Waals surface area contributed by atoms with Gasteiger partial charge in [-0.2, -0.15) is 15.3 Å². The Labute approximate surface area is 207 Å². The van der Waals surface area contributed by atoms with Crippen molar-refractivity contribution >= 4 is 23.5 Å². The van der Waals surface area contributed by atoms with Gasteiger partial charge in [-0.15, -0.1) is 0 Å². The fourth-order valence-electron chi connectivity index (χ4n) is 4.60. The molecule has 0 saturated carbocycles. The quantitative estimate of drug-likeness (QED) is 0.554. The smallest absolute Gasteiger partial charge is 0.319 e. The lowest BCUT2D eigenvalue weighted by Crippen LogP contribution is -2.40. The van der Waals surface area contributed by atoms with Crippen molar-refractivity contribution in [2.24, 2.45) is 0 Å². The van der Waals surface area contributed by atoms with Gasteiger partial charge in [-0.25, -0.2) is 9.78 Å². The van der Waals surface area contributed by atoms with Gasteiger partial charge >= 0.3 is 6.03 Å². The van der Waals surface area contributed by atoms with Crippen LogP contribution in [0.1, 0.15) is 49.4 Å². The molecule has 2 saturated heterocycles. The van der Waals surface area contributed by atoms with E-state index in [4.69, 9.17) is 5.10 Å². The largest absolute Gasteiger partial charge is 0.369 e. The van der Waals surface area contributed by atoms with Crippen LogP contribution in [0.3, 0.4) is 0 Å². The molecule has 2 aromatic rings. The van der Waals surface area contributed by atoms with E-state index in [0.717, 1.165) is 69.7 Å². The van der Waals surface area contributed by atoms with Crippen molar-refractivity contribution in [1.82, 2.24) is 34.4 Å². The molecule has 2 N–H and O–H groups in total. The average molecular weight is 481 g/mol. The maximum absolute atomic E-state index is 12.4. The molecule has 2 aromatic heterocycles. The van der Waals surface area contributed by atoms with Crippen molar-refractivity contribution in [2.75, 3.05) is 64.0 Å². The summed E-state index contributed by atoms with van der Waals surface area (Å²) in [4.78, 5) is 27.3. The first-order valence-corrected chi connectivity index (χ1v) is 12.5. The van der Waals surface area contributed by atoms with Gasteiger partial charge in [0.25, 0.3) is 0 Å². The molecule has 0 aliphatic carbocycles. The zero-order valence-electron chi connectivity index (χ0n) is 21.0. The zero-order chi connectivity index (χ0) is 24.8. The van der Waals surface area contributed by atoms with Crippen LogP contribution in [0.5, 0.6) is 0 Å². The van der Waals surface area contributed by atoms with E-state index in [9.17, 15) is 10.1 Å². The molecule has 4 rings (SSSR count). The molecule has 188 valence electrons. The first-order chi connectivity index (χ1) is 16.9. The number of likely N-dealkylation sites (tertiary alicyclic amines) is 1. The molecule has 0 atom stereocenters. The average Bonchev–Trinajstić information content (AvgIpc) is 3.14. The number of piperidine rings is 1. The van der Waals surface area contributed by atoms with Crippen molar-refractivity contribution in [2.45, 2.75) is 45.1 Å². The molecule has 2 amide bonds. The van der Waals surface area contributed by atoms with Crippen LogP contribution in [-0.2, 0) is 0 Å². The Morgan fingerprint density at radius 3 is 2.71 bits per heavy atom. The normalized spacial score (nSPS) is 17.8. The number of anilines is 3. The molecular weight excluding hydrogens is 444 g/mol. The number of hydrogen-bond donors (Lipinski definition) is 2. The maximum Gasteiger partial charge on any atom is 0.319 e. The lowest BCUT2D eigenvalue weighted by molar-refractivity contribution is 0.172. The fraction of sp³-hybridized carbons (Fsp3) is 0.625. The van der Waals surface area contributed by atoms with Crippen LogP contribution >= 0.6 is 0 Å². The summed E-state index contributed by atoms with van der Waals surface area (Å²) in [5.74, 6) is 0.909. The number of nitriles is 1. The van der Waals surface area contributed by atoms with Crippen LogP contribution in [0, 0.1) is 18.3 Å². The molecule has 0 unspecified atom stereocenters. The third kappa shape index (κ3) is 6.19. The van der Waals surface area contributed by atoms with Gasteiger partial charge < -0.3 is 25.3 Å². The number of rotatable bonds is 8. The highest BCUT2D eigenvalue weighted by atomic mass is 16.2. The van der Waals surface area contributed by atoms with Crippen LogP contribution in [-0.4, -0.2) is 93.8 Å². The van der Waals surface area contributed by atoms with Crippen molar-refractivity contribution < 1.29 is 4.79 Å². The van der Waals surface area contributed by atoms with Gasteiger partial charge in [0.15, 0.2) is 0 Å². The molecule has 4 heterocycles. The Morgan fingerprint density at radius 1 is 1.17 bits per heavy atom. The van der Waals surface area contributed by atoms with Gasteiger partial charge in [0.05, 0.1) is 23.6 Å². The summed E-state index contributed by atoms with van der Waals surface area (Å²) < 4.78 is 2.05. The Hall–Kier alpha value is -3.39. The molecule has 0 radical (unpaired) electrons. The Bertz CT molecular complexity index is 1050. The first-order valence-electron chi connectivity index (χ1n) is 12.5. The lowest BCUT2D eigenvalue weighted by Gasteiger charge is -2.28. The summed E-state index contributed by atoms with van der Waals surface area (Å²) in [6.45, 7) is 6.99. The van der Waals surface area contributed by atoms with Gasteiger partial charge in [-0.05, 0) is 59.2 Å². The standard InChI is InChI=1S/C24H36N10O/c1-18-21(17-34(30-18)20-7-13-31(2)14-8-20)28-23-27-16-19(15-25)22(29-23)26-9-6-12-33-11-5-4-10-32(3)24(33)35/h16-17,20H,4-14H2,1-3H3,(H2,26,27,28,29). The number of hydrogen-bond acceptors (Lipinski definition) is 8. The third-order valence-electron chi connectivity index (χ3n) is 6.80. The molecule has 0 bridgehead atoms. The van der Waals surface area contributed by atoms with E-state index in [-0.39, 0.29) is 6.03 Å². The molecule has 11 nitrogen and oxygen atoms in total. The zero-order valence-corrected chi connectivity index (χ0v) is 21.0. The summed E-state index contributed by atoms with van der Waals surface area (Å²) in [5.41, 5.74) is 2.14. The van der Waals surface area contributed by atoms with Crippen LogP contribution in [0.4, 0.5) is 22.2 Å². The number of aryl methyl sites for hydroxylation is 1. The minimum Gasteiger partial charge on any atom is -0.369 e. The molecule has 0 aromatic carbocycles. The number of carbonyl (C=O) groups is 1. The van der Waals surface area contributed by atoms with Gasteiger partial charge in [0.2, 0.25) is 5.95 Å². The van der Waals surface area contributed by atoms with E-state index in [2.05, 4.69) is 43.3 Å². The van der Waals surface area contributed by atoms with Crippen LogP contribution in [0.15, 0.2) is 12.4 Å². The Kier molecular flexibility index (Phi) is 8.02. The second kappa shape index (κ2) is 11.4. The molecule has 0 spiro atoms. The van der Waals surface area contributed by atoms with Crippen molar-refractivity contribution in [3.8, 4) is 6.07 Å². The summed E-state index contributed by atoms with van der Waals surface area (Å²) in [6, 6.07) is 2.64. The SMILES string of the molecule is Cc1nn(C2CCN(C)CC2)cc1Nc1ncc(C#N)c(NCCCN2CCCCN(C)C2=O)n1. The second-order valence-electron chi connectivity index (χ2n) is 9.51. The van der Waals surface area contributed by atoms with Gasteiger partial charge in [0, 0.05) is 39.4 Å². The van der Waals surface area contributed by atoms with E-state index >= 15 is 0 Å². The number of amides is 2. The minimum atomic E-state index is 0.0879. The summed E-state index contributed by atoms with van der Waals surface area (Å²) >= 11 is 0. The van der Waals surface area contributed by atoms with Gasteiger partial charge in [0.1, 0.15) is 17.5 Å². The summed E-state index contributed by atoms with van der Waals surface area (Å²) in [6.07, 6.45) is 8.54. The molecule has 35 heavy (non-hydrogen) atoms. The first kappa shape index (κ1) is 24.7. The van der Waals surface area contributed by atoms with Gasteiger partial charge in [-0.1, -0.05) is 0 Å². The Morgan fingerprint density at radius 2 is 1.94 bits per heavy atom. The predicted molar refractivity (Wildman–Crippen MR) is 135 cm³/mol. The molecule has 2 fully saturated rings. The van der Waals surface area contributed by atoms with Crippen molar-refractivity contribution in [1.29, 1.82) is 5.26 Å². The van der Waals surface area contributed by atoms with Crippen molar-refractivity contribution in [3.63, 3.8) is 0 Å². The van der Waals surface area contributed by atoms with Crippen LogP contribution in [0.25, 0.3) is 0 Å². The number of nitrogens with one attached hydrogen (secondary N) is 2. The predicted octanol–water partition coefficient (Wildman–Crippen LogP) is 2.81. The molecule has 2 aliphatic heterocycles. The van der Waals surface area contributed by atoms with Crippen LogP contribution in [0.2, 0.25) is 0 Å². The van der Waals surface area contributed by atoms with Crippen LogP contribution < -0.4 is 10.6 Å². The van der Waals surface area contributed by atoms with E-state index in [0.29, 0.717) is 36.5 Å². The summed E-state index contributed by atoms with van der Waals surface area (Å²) in [5, 5.41) is 20.7. The molecular formula is C24H36N10O. The Balaban J connectivity index is 1.36. The highest BCUT2D eigenvalue weighted by Crippen LogP contribution is 2.26. The highest BCUT2D eigenvalue weighted by molar-refractivity contribution is 5.74. The third-order valence-corrected chi connectivity index (χ3v) is 6.80. The fourth-order valence-corrected chi connectivity index (χ4v) is 4.60. The highest BCUT2D eigenvalue weighted by Gasteiger charge is 2.21. The number of aromatic nitrogens is 4. The maximum atomic E-state index is 12.4. The minimum absolute atomic E-state index is 0.0879. The van der Waals surface area contributed by atoms with Crippen molar-refractivity contribution in [3.05, 3.63) is 23.7 Å². The van der Waals surface area contributed by atoms with E-state index in [1.54, 1.807) is 4.90 Å². The number of urea groups is 1. The van der Waals surface area contributed by atoms with E-state index < -0.39 is 0 Å². The van der Waals surface area contributed by atoms with E-state index in [1.165, 1.54) is 6.20 Å². The van der Waals surface area contributed by atoms with Gasteiger partial charge in [-0.3, -0.25) is 4.68 Å². The topological polar surface area (TPSA) is 118 Å². The summed E-state index contributed by atoms with van der Waals surface area (Å²) in [7, 11) is 4.01. The molecule has 2 aliphatic rings. The lowest BCUT2D eigenvalue weighted by atomic mass is 10.1. The number of carbonyl (C=O) groups excluding carboxylic acids is 1. The van der Waals surface area contributed by atoms with E-state index in [1.807, 2.05) is 25.1 Å². The number of nitrogens with zero attached hydrogens (tertiary/aromatic N) is 8. The second-order valence-corrected chi connectivity index (χ2v) is 9.51. The monoisotopic (exact) mass is 480 g/mol. The molecule has 11 heteroatoms.